The van der Waals surface area contributed by atoms with Crippen LogP contribution in [0.2, 0.25) is 0 Å². The van der Waals surface area contributed by atoms with E-state index in [1.54, 1.807) is 6.92 Å². The molecule has 0 radical (unpaired) electrons. The average molecular weight is 434 g/mol. The van der Waals surface area contributed by atoms with Crippen molar-refractivity contribution in [2.75, 3.05) is 18.5 Å². The first-order valence-corrected chi connectivity index (χ1v) is 8.09. The third-order valence-corrected chi connectivity index (χ3v) is 3.92. The molecule has 140 valence electrons. The molecule has 0 saturated carbocycles. The summed E-state index contributed by atoms with van der Waals surface area (Å²) in [6, 6.07) is 1.18. The van der Waals surface area contributed by atoms with Crippen molar-refractivity contribution in [3.63, 3.8) is 0 Å². The van der Waals surface area contributed by atoms with Crippen LogP contribution in [0.4, 0.5) is 26.3 Å². The fourth-order valence-electron chi connectivity index (χ4n) is 1.63. The molecule has 0 spiro atoms. The average Bonchev–Trinajstić information content (AvgIpc) is 2.51. The predicted molar refractivity (Wildman–Crippen MR) is 82.8 cm³/mol. The topological polar surface area (TPSA) is 38.7 Å². The third kappa shape index (κ3) is 7.05. The molecule has 0 amide bonds. The summed E-state index contributed by atoms with van der Waals surface area (Å²) in [5.74, 6) is -0.854. The molecule has 10 heteroatoms. The minimum absolute atomic E-state index is 0.0424. The largest absolute Gasteiger partial charge is 0.463 e. The van der Waals surface area contributed by atoms with Gasteiger partial charge in [0.25, 0.3) is 0 Å². The van der Waals surface area contributed by atoms with Crippen LogP contribution < -0.4 is 0 Å². The maximum absolute atomic E-state index is 12.7. The molecular weight excluding hydrogens is 420 g/mol. The molecule has 25 heavy (non-hydrogen) atoms. The summed E-state index contributed by atoms with van der Waals surface area (Å²) in [6.45, 7) is 1.41. The lowest BCUT2D eigenvalue weighted by Gasteiger charge is -2.12. The van der Waals surface area contributed by atoms with Crippen LogP contribution in [-0.2, 0) is 21.9 Å². The molecule has 1 aromatic rings. The van der Waals surface area contributed by atoms with Crippen LogP contribution in [0, 0.1) is 5.92 Å². The van der Waals surface area contributed by atoms with Gasteiger partial charge in [0.15, 0.2) is 0 Å². The molecule has 0 aliphatic rings. The van der Waals surface area contributed by atoms with Gasteiger partial charge in [-0.15, -0.1) is 0 Å². The molecule has 1 aromatic carbocycles. The van der Waals surface area contributed by atoms with E-state index in [2.05, 4.69) is 20.9 Å². The standard InChI is InChI=1S/C15H14BrF6NO2/c1-9(7-16)13(24)25-3-2-23-8-10-4-11(14(17,18)19)6-12(5-10)15(20,21)22/h4-6,8-9H,2-3,7H2,1H3/b23-8+. The molecule has 0 fully saturated rings. The Balaban J connectivity index is 2.82. The van der Waals surface area contributed by atoms with E-state index < -0.39 is 29.4 Å². The Morgan fingerprint density at radius 2 is 1.68 bits per heavy atom. The van der Waals surface area contributed by atoms with E-state index in [4.69, 9.17) is 4.74 Å². The monoisotopic (exact) mass is 433 g/mol. The van der Waals surface area contributed by atoms with Gasteiger partial charge in [-0.3, -0.25) is 9.79 Å². The first kappa shape index (κ1) is 21.5. The van der Waals surface area contributed by atoms with Crippen molar-refractivity contribution in [1.82, 2.24) is 0 Å². The van der Waals surface area contributed by atoms with Crippen molar-refractivity contribution in [2.24, 2.45) is 10.9 Å². The van der Waals surface area contributed by atoms with Gasteiger partial charge in [0.1, 0.15) is 6.61 Å². The summed E-state index contributed by atoms with van der Waals surface area (Å²) in [7, 11) is 0. The fraction of sp³-hybridized carbons (Fsp3) is 0.467. The zero-order chi connectivity index (χ0) is 19.3. The summed E-state index contributed by atoms with van der Waals surface area (Å²) in [5.41, 5.74) is -3.18. The Morgan fingerprint density at radius 1 is 1.16 bits per heavy atom. The number of ether oxygens (including phenoxy) is 1. The van der Waals surface area contributed by atoms with Gasteiger partial charge >= 0.3 is 18.3 Å². The van der Waals surface area contributed by atoms with E-state index in [1.165, 1.54) is 0 Å². The van der Waals surface area contributed by atoms with E-state index in [9.17, 15) is 31.1 Å². The Hall–Kier alpha value is -1.58. The highest BCUT2D eigenvalue weighted by Gasteiger charge is 2.36. The number of aliphatic imine (C=N–C) groups is 1. The number of esters is 1. The SMILES string of the molecule is CC(CBr)C(=O)OCC/N=C/c1cc(C(F)(F)F)cc(C(F)(F)F)c1. The smallest absolute Gasteiger partial charge is 0.416 e. The van der Waals surface area contributed by atoms with Crippen LogP contribution in [-0.4, -0.2) is 30.7 Å². The molecule has 0 bridgehead atoms. The number of alkyl halides is 7. The highest BCUT2D eigenvalue weighted by atomic mass is 79.9. The molecule has 0 heterocycles. The van der Waals surface area contributed by atoms with Crippen LogP contribution >= 0.6 is 15.9 Å². The number of hydrogen-bond donors (Lipinski definition) is 0. The van der Waals surface area contributed by atoms with Gasteiger partial charge in [0.2, 0.25) is 0 Å². The molecule has 1 rings (SSSR count). The number of nitrogens with zero attached hydrogens (tertiary/aromatic N) is 1. The Bertz CT molecular complexity index is 595. The Kier molecular flexibility index (Phi) is 7.45. The molecule has 0 saturated heterocycles. The lowest BCUT2D eigenvalue weighted by molar-refractivity contribution is -0.147. The summed E-state index contributed by atoms with van der Waals surface area (Å²) in [4.78, 5) is 15.1. The highest BCUT2D eigenvalue weighted by Crippen LogP contribution is 2.36. The Morgan fingerprint density at radius 3 is 2.12 bits per heavy atom. The van der Waals surface area contributed by atoms with Gasteiger partial charge < -0.3 is 4.74 Å². The normalized spacial score (nSPS) is 13.9. The van der Waals surface area contributed by atoms with E-state index in [1.807, 2.05) is 0 Å². The number of benzene rings is 1. The molecular formula is C15H14BrF6NO2. The van der Waals surface area contributed by atoms with Crippen molar-refractivity contribution in [2.45, 2.75) is 19.3 Å². The number of rotatable bonds is 6. The second-order valence-corrected chi connectivity index (χ2v) is 5.74. The van der Waals surface area contributed by atoms with Gasteiger partial charge in [-0.1, -0.05) is 22.9 Å². The maximum atomic E-state index is 12.7. The molecule has 3 nitrogen and oxygen atoms in total. The third-order valence-electron chi connectivity index (χ3n) is 2.95. The number of hydrogen-bond acceptors (Lipinski definition) is 3. The van der Waals surface area contributed by atoms with Crippen molar-refractivity contribution in [3.8, 4) is 0 Å². The zero-order valence-electron chi connectivity index (χ0n) is 12.9. The molecule has 1 unspecified atom stereocenters. The van der Waals surface area contributed by atoms with Crippen molar-refractivity contribution < 1.29 is 35.9 Å². The van der Waals surface area contributed by atoms with E-state index in [-0.39, 0.29) is 30.7 Å². The van der Waals surface area contributed by atoms with E-state index in [0.29, 0.717) is 17.5 Å². The van der Waals surface area contributed by atoms with Crippen molar-refractivity contribution in [3.05, 3.63) is 34.9 Å². The second kappa shape index (κ2) is 8.68. The maximum Gasteiger partial charge on any atom is 0.416 e. The summed E-state index contributed by atoms with van der Waals surface area (Å²) >= 11 is 3.10. The molecule has 0 N–H and O–H groups in total. The summed E-state index contributed by atoms with van der Waals surface area (Å²) < 4.78 is 81.1. The lowest BCUT2D eigenvalue weighted by Crippen LogP contribution is -2.17. The number of halogens is 7. The van der Waals surface area contributed by atoms with Crippen LogP contribution in [0.15, 0.2) is 23.2 Å². The summed E-state index contributed by atoms with van der Waals surface area (Å²) in [5, 5.41) is 0.402. The van der Waals surface area contributed by atoms with Crippen molar-refractivity contribution >= 4 is 28.1 Å². The lowest BCUT2D eigenvalue weighted by atomic mass is 10.1. The van der Waals surface area contributed by atoms with Crippen molar-refractivity contribution in [1.29, 1.82) is 0 Å². The second-order valence-electron chi connectivity index (χ2n) is 5.10. The van der Waals surface area contributed by atoms with Gasteiger partial charge in [-0.25, -0.2) is 0 Å². The minimum Gasteiger partial charge on any atom is -0.463 e. The zero-order valence-corrected chi connectivity index (χ0v) is 14.5. The Labute approximate surface area is 148 Å². The predicted octanol–water partition coefficient (Wildman–Crippen LogP) is 4.72. The number of carbonyl (C=O) groups excluding carboxylic acids is 1. The summed E-state index contributed by atoms with van der Waals surface area (Å²) in [6.07, 6.45) is -8.94. The molecule has 1 atom stereocenters. The minimum atomic E-state index is -4.91. The van der Waals surface area contributed by atoms with Gasteiger partial charge in [-0.05, 0) is 23.8 Å². The highest BCUT2D eigenvalue weighted by molar-refractivity contribution is 9.09. The first-order chi connectivity index (χ1) is 11.4. The molecule has 0 aliphatic carbocycles. The molecule has 0 aliphatic heterocycles. The quantitative estimate of drug-likeness (QED) is 0.214. The fourth-order valence-corrected chi connectivity index (χ4v) is 1.89. The van der Waals surface area contributed by atoms with Crippen LogP contribution in [0.3, 0.4) is 0 Å². The van der Waals surface area contributed by atoms with Gasteiger partial charge in [-0.2, -0.15) is 26.3 Å². The van der Waals surface area contributed by atoms with Crippen LogP contribution in [0.5, 0.6) is 0 Å². The van der Waals surface area contributed by atoms with Crippen LogP contribution in [0.25, 0.3) is 0 Å². The molecule has 0 aromatic heterocycles. The van der Waals surface area contributed by atoms with E-state index in [0.717, 1.165) is 6.21 Å². The van der Waals surface area contributed by atoms with E-state index >= 15 is 0 Å². The van der Waals surface area contributed by atoms with Gasteiger partial charge in [0, 0.05) is 11.5 Å². The van der Waals surface area contributed by atoms with Gasteiger partial charge in [0.05, 0.1) is 23.6 Å². The first-order valence-electron chi connectivity index (χ1n) is 6.97. The number of carbonyl (C=O) groups is 1. The van der Waals surface area contributed by atoms with Crippen LogP contribution in [0.1, 0.15) is 23.6 Å².